The van der Waals surface area contributed by atoms with Gasteiger partial charge in [0.05, 0.1) is 0 Å². The third kappa shape index (κ3) is 4.65. The highest BCUT2D eigenvalue weighted by Crippen LogP contribution is 2.55. The molecule has 0 aromatic heterocycles. The first-order valence-electron chi connectivity index (χ1n) is 10.6. The summed E-state index contributed by atoms with van der Waals surface area (Å²) in [5.74, 6) is 2.03. The number of hydrogen-bond acceptors (Lipinski definition) is 2. The topological polar surface area (TPSA) is 70.2 Å². The van der Waals surface area contributed by atoms with E-state index in [0.29, 0.717) is 19.5 Å². The summed E-state index contributed by atoms with van der Waals surface area (Å²) in [4.78, 5) is 24.3. The maximum Gasteiger partial charge on any atom is 0.315 e. The Kier molecular flexibility index (Phi) is 5.56. The highest BCUT2D eigenvalue weighted by Gasteiger charge is 2.51. The summed E-state index contributed by atoms with van der Waals surface area (Å²) in [7, 11) is 0. The number of urea groups is 1. The minimum absolute atomic E-state index is 0.00372. The standard InChI is InChI=1S/C22H30FN3O2/c23-19-3-1-15(2-4-19)5-7-24-20(27)6-8-25-21(28)26-22-12-16-9-17(13-22)11-18(10-16)14-22/h1-4,16-18H,5-14H2,(H,24,27)(H2,25,26,28). The maximum atomic E-state index is 12.9. The smallest absolute Gasteiger partial charge is 0.315 e. The first kappa shape index (κ1) is 19.2. The zero-order valence-corrected chi connectivity index (χ0v) is 16.3. The number of benzene rings is 1. The number of nitrogens with one attached hydrogen (secondary N) is 3. The van der Waals surface area contributed by atoms with Crippen LogP contribution in [0.1, 0.15) is 50.5 Å². The van der Waals surface area contributed by atoms with E-state index in [1.54, 1.807) is 12.1 Å². The Morgan fingerprint density at radius 1 is 0.929 bits per heavy atom. The van der Waals surface area contributed by atoms with Gasteiger partial charge in [0.15, 0.2) is 0 Å². The summed E-state index contributed by atoms with van der Waals surface area (Å²) < 4.78 is 12.9. The van der Waals surface area contributed by atoms with Gasteiger partial charge in [-0.3, -0.25) is 4.79 Å². The van der Waals surface area contributed by atoms with Crippen molar-refractivity contribution in [3.8, 4) is 0 Å². The number of hydrogen-bond donors (Lipinski definition) is 3. The van der Waals surface area contributed by atoms with Gasteiger partial charge in [0.25, 0.3) is 0 Å². The Bertz CT molecular complexity index is 684. The predicted molar refractivity (Wildman–Crippen MR) is 105 cm³/mol. The van der Waals surface area contributed by atoms with Gasteiger partial charge in [-0.2, -0.15) is 0 Å². The van der Waals surface area contributed by atoms with Crippen molar-refractivity contribution >= 4 is 11.9 Å². The molecule has 0 atom stereocenters. The lowest BCUT2D eigenvalue weighted by molar-refractivity contribution is -0.120. The molecule has 4 aliphatic rings. The van der Waals surface area contributed by atoms with Gasteiger partial charge < -0.3 is 16.0 Å². The summed E-state index contributed by atoms with van der Waals surface area (Å²) >= 11 is 0. The molecule has 152 valence electrons. The second-order valence-corrected chi connectivity index (χ2v) is 9.06. The lowest BCUT2D eigenvalue weighted by atomic mass is 9.53. The fourth-order valence-corrected chi connectivity index (χ4v) is 5.92. The number of carbonyl (C=O) groups excluding carboxylic acids is 2. The van der Waals surface area contributed by atoms with E-state index in [4.69, 9.17) is 0 Å². The molecular formula is C22H30FN3O2. The van der Waals surface area contributed by atoms with E-state index in [2.05, 4.69) is 16.0 Å². The van der Waals surface area contributed by atoms with Gasteiger partial charge in [-0.15, -0.1) is 0 Å². The summed E-state index contributed by atoms with van der Waals surface area (Å²) in [6, 6.07) is 6.14. The van der Waals surface area contributed by atoms with E-state index in [9.17, 15) is 14.0 Å². The zero-order chi connectivity index (χ0) is 19.6. The molecule has 6 heteroatoms. The van der Waals surface area contributed by atoms with Crippen molar-refractivity contribution in [1.82, 2.24) is 16.0 Å². The van der Waals surface area contributed by atoms with Gasteiger partial charge in [0.1, 0.15) is 5.82 Å². The Hall–Kier alpha value is -2.11. The van der Waals surface area contributed by atoms with E-state index >= 15 is 0 Å². The highest BCUT2D eigenvalue weighted by molar-refractivity contribution is 5.78. The van der Waals surface area contributed by atoms with Crippen LogP contribution in [-0.4, -0.2) is 30.6 Å². The molecule has 1 aromatic carbocycles. The molecule has 4 fully saturated rings. The van der Waals surface area contributed by atoms with Crippen LogP contribution in [0.2, 0.25) is 0 Å². The summed E-state index contributed by atoms with van der Waals surface area (Å²) in [5.41, 5.74) is 0.978. The molecule has 3 amide bonds. The van der Waals surface area contributed by atoms with Crippen LogP contribution in [0.4, 0.5) is 9.18 Å². The van der Waals surface area contributed by atoms with Gasteiger partial charge in [-0.05, 0) is 80.4 Å². The molecular weight excluding hydrogens is 357 g/mol. The van der Waals surface area contributed by atoms with Crippen molar-refractivity contribution in [2.75, 3.05) is 13.1 Å². The van der Waals surface area contributed by atoms with Crippen molar-refractivity contribution < 1.29 is 14.0 Å². The van der Waals surface area contributed by atoms with Crippen LogP contribution in [0.3, 0.4) is 0 Å². The van der Waals surface area contributed by atoms with Crippen LogP contribution in [0.25, 0.3) is 0 Å². The van der Waals surface area contributed by atoms with Crippen LogP contribution < -0.4 is 16.0 Å². The Morgan fingerprint density at radius 3 is 2.14 bits per heavy atom. The fourth-order valence-electron chi connectivity index (χ4n) is 5.92. The third-order valence-corrected chi connectivity index (χ3v) is 6.70. The minimum Gasteiger partial charge on any atom is -0.356 e. The zero-order valence-electron chi connectivity index (χ0n) is 16.3. The first-order valence-corrected chi connectivity index (χ1v) is 10.6. The average Bonchev–Trinajstić information content (AvgIpc) is 2.62. The second kappa shape index (κ2) is 8.10. The highest BCUT2D eigenvalue weighted by atomic mass is 19.1. The molecule has 0 radical (unpaired) electrons. The average molecular weight is 387 g/mol. The first-order chi connectivity index (χ1) is 13.5. The lowest BCUT2D eigenvalue weighted by Crippen LogP contribution is -2.61. The van der Waals surface area contributed by atoms with E-state index in [0.717, 1.165) is 42.6 Å². The van der Waals surface area contributed by atoms with Gasteiger partial charge >= 0.3 is 6.03 Å². The summed E-state index contributed by atoms with van der Waals surface area (Å²) in [6.07, 6.45) is 8.33. The molecule has 28 heavy (non-hydrogen) atoms. The van der Waals surface area contributed by atoms with E-state index in [-0.39, 0.29) is 29.7 Å². The van der Waals surface area contributed by atoms with Crippen molar-refractivity contribution in [3.05, 3.63) is 35.6 Å². The summed E-state index contributed by atoms with van der Waals surface area (Å²) in [5, 5.41) is 8.95. The maximum absolute atomic E-state index is 12.9. The number of rotatable bonds is 7. The van der Waals surface area contributed by atoms with Crippen LogP contribution >= 0.6 is 0 Å². The number of halogens is 1. The molecule has 4 aliphatic carbocycles. The molecule has 0 unspecified atom stereocenters. The predicted octanol–water partition coefficient (Wildman–Crippen LogP) is 3.14. The third-order valence-electron chi connectivity index (χ3n) is 6.70. The molecule has 5 nitrogen and oxygen atoms in total. The van der Waals surface area contributed by atoms with E-state index in [1.807, 2.05) is 0 Å². The van der Waals surface area contributed by atoms with Crippen LogP contribution in [0.5, 0.6) is 0 Å². The van der Waals surface area contributed by atoms with E-state index in [1.165, 1.54) is 31.4 Å². The molecule has 0 aliphatic heterocycles. The largest absolute Gasteiger partial charge is 0.356 e. The molecule has 1 aromatic rings. The molecule has 5 rings (SSSR count). The van der Waals surface area contributed by atoms with Crippen LogP contribution in [0, 0.1) is 23.6 Å². The Morgan fingerprint density at radius 2 is 1.54 bits per heavy atom. The lowest BCUT2D eigenvalue weighted by Gasteiger charge is -2.56. The van der Waals surface area contributed by atoms with Gasteiger partial charge in [0, 0.05) is 25.0 Å². The molecule has 0 heterocycles. The quantitative estimate of drug-likeness (QED) is 0.673. The van der Waals surface area contributed by atoms with Crippen molar-refractivity contribution in [2.24, 2.45) is 17.8 Å². The molecule has 4 saturated carbocycles. The number of carbonyl (C=O) groups is 2. The number of amides is 3. The van der Waals surface area contributed by atoms with E-state index < -0.39 is 0 Å². The van der Waals surface area contributed by atoms with Crippen LogP contribution in [-0.2, 0) is 11.2 Å². The molecule has 4 bridgehead atoms. The van der Waals surface area contributed by atoms with Gasteiger partial charge in [-0.1, -0.05) is 12.1 Å². The Labute approximate surface area is 165 Å². The SMILES string of the molecule is O=C(CCNC(=O)NC12CC3CC(CC(C3)C1)C2)NCCc1ccc(F)cc1. The van der Waals surface area contributed by atoms with Crippen molar-refractivity contribution in [3.63, 3.8) is 0 Å². The molecule has 0 spiro atoms. The molecule has 3 N–H and O–H groups in total. The van der Waals surface area contributed by atoms with Gasteiger partial charge in [0.2, 0.25) is 5.91 Å². The second-order valence-electron chi connectivity index (χ2n) is 9.06. The summed E-state index contributed by atoms with van der Waals surface area (Å²) in [6.45, 7) is 0.838. The van der Waals surface area contributed by atoms with Crippen molar-refractivity contribution in [2.45, 2.75) is 56.9 Å². The minimum atomic E-state index is -0.259. The van der Waals surface area contributed by atoms with Crippen molar-refractivity contribution in [1.29, 1.82) is 0 Å². The monoisotopic (exact) mass is 387 g/mol. The Balaban J connectivity index is 1.13. The van der Waals surface area contributed by atoms with Crippen LogP contribution in [0.15, 0.2) is 24.3 Å². The normalized spacial score (nSPS) is 30.1. The molecule has 0 saturated heterocycles. The van der Waals surface area contributed by atoms with Gasteiger partial charge in [-0.25, -0.2) is 9.18 Å². The fraction of sp³-hybridized carbons (Fsp3) is 0.636.